The fourth-order valence-electron chi connectivity index (χ4n) is 4.33. The van der Waals surface area contributed by atoms with Crippen molar-refractivity contribution < 1.29 is 28.3 Å². The molecule has 3 rings (SSSR count). The summed E-state index contributed by atoms with van der Waals surface area (Å²) in [6, 6.07) is 0.609. The van der Waals surface area contributed by atoms with Gasteiger partial charge in [0.15, 0.2) is 5.78 Å². The van der Waals surface area contributed by atoms with E-state index in [1.165, 1.54) is 0 Å². The fourth-order valence-corrected chi connectivity index (χ4v) is 4.33. The molecule has 1 aromatic rings. The number of carbonyl (C=O) groups excluding carboxylic acids is 3. The van der Waals surface area contributed by atoms with Crippen LogP contribution in [0.15, 0.2) is 23.5 Å². The van der Waals surface area contributed by atoms with Gasteiger partial charge in [-0.3, -0.25) is 19.4 Å². The highest BCUT2D eigenvalue weighted by Gasteiger charge is 2.51. The second kappa shape index (κ2) is 11.6. The molecule has 2 aliphatic rings. The van der Waals surface area contributed by atoms with Crippen LogP contribution in [0.2, 0.25) is 0 Å². The number of amides is 1. The van der Waals surface area contributed by atoms with E-state index in [1.807, 2.05) is 26.0 Å². The lowest BCUT2D eigenvalue weighted by Gasteiger charge is -2.31. The second-order valence-corrected chi connectivity index (χ2v) is 9.28. The van der Waals surface area contributed by atoms with E-state index in [1.54, 1.807) is 20.0 Å². The minimum absolute atomic E-state index is 0.127. The Bertz CT molecular complexity index is 1020. The van der Waals surface area contributed by atoms with Gasteiger partial charge < -0.3 is 14.9 Å². The minimum Gasteiger partial charge on any atom is -0.462 e. The molecule has 1 unspecified atom stereocenters. The van der Waals surface area contributed by atoms with E-state index in [4.69, 9.17) is 9.57 Å². The minimum atomic E-state index is -1.42. The molecule has 0 fully saturated rings. The average molecular weight is 488 g/mol. The summed E-state index contributed by atoms with van der Waals surface area (Å²) in [4.78, 5) is 48.3. The Hall–Kier alpha value is -3.10. The Morgan fingerprint density at radius 2 is 2.00 bits per heavy atom. The Morgan fingerprint density at radius 3 is 2.66 bits per heavy atom. The number of fused-ring (bicyclic) bond motifs is 1. The predicted octanol–water partition coefficient (Wildman–Crippen LogP) is 3.71. The molecule has 2 heterocycles. The zero-order valence-corrected chi connectivity index (χ0v) is 20.8. The zero-order chi connectivity index (χ0) is 25.6. The third-order valence-corrected chi connectivity index (χ3v) is 6.69. The lowest BCUT2D eigenvalue weighted by Crippen LogP contribution is -2.56. The van der Waals surface area contributed by atoms with Gasteiger partial charge in [0.2, 0.25) is 5.60 Å². The van der Waals surface area contributed by atoms with Gasteiger partial charge >= 0.3 is 5.97 Å². The Kier molecular flexibility index (Phi) is 8.75. The van der Waals surface area contributed by atoms with Crippen molar-refractivity contribution in [3.63, 3.8) is 0 Å². The van der Waals surface area contributed by atoms with E-state index >= 15 is 0 Å². The van der Waals surface area contributed by atoms with Crippen molar-refractivity contribution in [2.24, 2.45) is 11.1 Å². The van der Waals surface area contributed by atoms with Crippen LogP contribution >= 0.6 is 0 Å². The molecule has 0 saturated heterocycles. The van der Waals surface area contributed by atoms with E-state index in [-0.39, 0.29) is 18.4 Å². The van der Waals surface area contributed by atoms with Crippen LogP contribution in [0.4, 0.5) is 4.39 Å². The molecule has 190 valence electrons. The number of aryl methyl sites for hydroxylation is 1. The molecular formula is C26H34FN3O5. The van der Waals surface area contributed by atoms with Crippen LogP contribution in [0.1, 0.15) is 76.6 Å². The highest BCUT2D eigenvalue weighted by atomic mass is 19.1. The summed E-state index contributed by atoms with van der Waals surface area (Å²) in [5.41, 5.74) is 1.86. The predicted molar refractivity (Wildman–Crippen MR) is 129 cm³/mol. The lowest BCUT2D eigenvalue weighted by atomic mass is 9.83. The van der Waals surface area contributed by atoms with Crippen LogP contribution in [0, 0.1) is 5.92 Å². The number of aromatic nitrogens is 1. The SMILES string of the molecule is CCC(CC)OC(=O)C[C@H](NC(=O)C1(C(C)C)CC(c2nccc3c2C=CCC3)=NO1)C(=O)CF. The van der Waals surface area contributed by atoms with Gasteiger partial charge in [0.1, 0.15) is 24.5 Å². The number of esters is 1. The number of nitrogens with one attached hydrogen (secondary N) is 1. The highest BCUT2D eigenvalue weighted by Crippen LogP contribution is 2.35. The number of hydrogen-bond donors (Lipinski definition) is 1. The van der Waals surface area contributed by atoms with E-state index in [2.05, 4.69) is 21.5 Å². The molecule has 1 aliphatic heterocycles. The first-order valence-corrected chi connectivity index (χ1v) is 12.2. The van der Waals surface area contributed by atoms with E-state index in [0.29, 0.717) is 24.2 Å². The quantitative estimate of drug-likeness (QED) is 0.477. The average Bonchev–Trinajstić information content (AvgIpc) is 3.33. The third-order valence-electron chi connectivity index (χ3n) is 6.69. The number of Topliss-reactive ketones (excluding diaryl/α,β-unsaturated/α-hetero) is 1. The maximum atomic E-state index is 13.5. The van der Waals surface area contributed by atoms with Crippen molar-refractivity contribution >= 4 is 29.4 Å². The van der Waals surface area contributed by atoms with Crippen molar-refractivity contribution in [1.82, 2.24) is 10.3 Å². The normalized spacial score (nSPS) is 19.7. The molecule has 0 spiro atoms. The largest absolute Gasteiger partial charge is 0.462 e. The first-order chi connectivity index (χ1) is 16.7. The number of halogens is 1. The number of carbonyl (C=O) groups is 3. The summed E-state index contributed by atoms with van der Waals surface area (Å²) < 4.78 is 18.6. The Labute approximate surface area is 205 Å². The van der Waals surface area contributed by atoms with Gasteiger partial charge in [-0.15, -0.1) is 0 Å². The van der Waals surface area contributed by atoms with E-state index < -0.39 is 42.4 Å². The van der Waals surface area contributed by atoms with Crippen molar-refractivity contribution in [2.75, 3.05) is 6.67 Å². The number of ether oxygens (including phenoxy) is 1. The van der Waals surface area contributed by atoms with Crippen molar-refractivity contribution in [1.29, 1.82) is 0 Å². The maximum absolute atomic E-state index is 13.5. The molecule has 1 aromatic heterocycles. The van der Waals surface area contributed by atoms with Gasteiger partial charge in [-0.05, 0) is 37.3 Å². The number of rotatable bonds is 11. The Balaban J connectivity index is 1.78. The van der Waals surface area contributed by atoms with Crippen molar-refractivity contribution in [3.8, 4) is 0 Å². The number of allylic oxidation sites excluding steroid dienone is 1. The van der Waals surface area contributed by atoms with Crippen molar-refractivity contribution in [3.05, 3.63) is 35.2 Å². The van der Waals surface area contributed by atoms with Crippen LogP contribution in [-0.4, -0.2) is 52.8 Å². The molecule has 0 radical (unpaired) electrons. The van der Waals surface area contributed by atoms with Gasteiger partial charge in [0.05, 0.1) is 12.1 Å². The molecule has 1 amide bonds. The number of hydrogen-bond acceptors (Lipinski definition) is 7. The van der Waals surface area contributed by atoms with E-state index in [0.717, 1.165) is 24.0 Å². The molecule has 9 heteroatoms. The van der Waals surface area contributed by atoms with Gasteiger partial charge in [0.25, 0.3) is 5.91 Å². The Morgan fingerprint density at radius 1 is 1.26 bits per heavy atom. The highest BCUT2D eigenvalue weighted by molar-refractivity contribution is 6.07. The maximum Gasteiger partial charge on any atom is 0.308 e. The lowest BCUT2D eigenvalue weighted by molar-refractivity contribution is -0.155. The van der Waals surface area contributed by atoms with Crippen LogP contribution in [0.25, 0.3) is 6.08 Å². The number of pyridine rings is 1. The van der Waals surface area contributed by atoms with E-state index in [9.17, 15) is 18.8 Å². The van der Waals surface area contributed by atoms with Crippen LogP contribution in [0.3, 0.4) is 0 Å². The molecular weight excluding hydrogens is 453 g/mol. The fraction of sp³-hybridized carbons (Fsp3) is 0.577. The number of nitrogens with zero attached hydrogens (tertiary/aromatic N) is 2. The third kappa shape index (κ3) is 5.77. The molecule has 0 bridgehead atoms. The van der Waals surface area contributed by atoms with Crippen LogP contribution < -0.4 is 5.32 Å². The smallest absolute Gasteiger partial charge is 0.308 e. The first kappa shape index (κ1) is 26.5. The molecule has 1 aliphatic carbocycles. The van der Waals surface area contributed by atoms with Gasteiger partial charge in [-0.1, -0.05) is 45.0 Å². The van der Waals surface area contributed by atoms with Gasteiger partial charge in [-0.2, -0.15) is 0 Å². The monoisotopic (exact) mass is 487 g/mol. The molecule has 0 aromatic carbocycles. The summed E-state index contributed by atoms with van der Waals surface area (Å²) in [7, 11) is 0. The topological polar surface area (TPSA) is 107 Å². The summed E-state index contributed by atoms with van der Waals surface area (Å²) >= 11 is 0. The summed E-state index contributed by atoms with van der Waals surface area (Å²) in [6.07, 6.45) is 8.24. The number of alkyl halides is 1. The van der Waals surface area contributed by atoms with Crippen LogP contribution in [-0.2, 0) is 30.4 Å². The van der Waals surface area contributed by atoms with Gasteiger partial charge in [0, 0.05) is 24.1 Å². The van der Waals surface area contributed by atoms with Crippen molar-refractivity contribution in [2.45, 2.75) is 84.0 Å². The molecule has 35 heavy (non-hydrogen) atoms. The number of ketones is 1. The second-order valence-electron chi connectivity index (χ2n) is 9.28. The van der Waals surface area contributed by atoms with Gasteiger partial charge in [-0.25, -0.2) is 4.39 Å². The molecule has 2 atom stereocenters. The zero-order valence-electron chi connectivity index (χ0n) is 20.8. The summed E-state index contributed by atoms with van der Waals surface area (Å²) in [5, 5.41) is 6.76. The first-order valence-electron chi connectivity index (χ1n) is 12.2. The summed E-state index contributed by atoms with van der Waals surface area (Å²) in [6.45, 7) is 6.05. The summed E-state index contributed by atoms with van der Waals surface area (Å²) in [5.74, 6) is -2.53. The molecule has 0 saturated carbocycles. The van der Waals surface area contributed by atoms with Crippen LogP contribution in [0.5, 0.6) is 0 Å². The molecule has 1 N–H and O–H groups in total. The molecule has 8 nitrogen and oxygen atoms in total. The number of oxime groups is 1. The standard InChI is InChI=1S/C26H34FN3O5/c1-5-18(6-2)34-23(32)13-20(22(31)15-27)29-25(33)26(16(3)4)14-21(30-35-26)24-19-10-8-7-9-17(19)11-12-28-24/h8,10-12,16,18,20H,5-7,9,13-15H2,1-4H3,(H,29,33)/t20-,26?/m0/s1.